The van der Waals surface area contributed by atoms with Gasteiger partial charge in [0.25, 0.3) is 0 Å². The van der Waals surface area contributed by atoms with Gasteiger partial charge in [0.1, 0.15) is 10.2 Å². The summed E-state index contributed by atoms with van der Waals surface area (Å²) in [7, 11) is 9.47. The number of allylic oxidation sites excluding steroid dienone is 1. The fraction of sp³-hybridized carbons (Fsp3) is 0.522. The van der Waals surface area contributed by atoms with Crippen LogP contribution in [0.3, 0.4) is 0 Å². The van der Waals surface area contributed by atoms with Crippen molar-refractivity contribution in [2.75, 3.05) is 16.3 Å². The summed E-state index contributed by atoms with van der Waals surface area (Å²) >= 11 is 14.4. The second-order valence-electron chi connectivity index (χ2n) is 16.5. The molecule has 1 atom stereocenters. The molecule has 1 saturated heterocycles. The van der Waals surface area contributed by atoms with Gasteiger partial charge in [-0.05, 0) is 131 Å². The van der Waals surface area contributed by atoms with E-state index in [4.69, 9.17) is 42.6 Å². The van der Waals surface area contributed by atoms with Crippen LogP contribution in [-0.2, 0) is 15.1 Å². The summed E-state index contributed by atoms with van der Waals surface area (Å²) in [5.74, 6) is 1.34. The molecule has 0 spiro atoms. The van der Waals surface area contributed by atoms with Crippen LogP contribution in [0.5, 0.6) is 0 Å². The van der Waals surface area contributed by atoms with Gasteiger partial charge in [-0.1, -0.05) is 112 Å². The zero-order chi connectivity index (χ0) is 38.6. The molecule has 3 aromatic carbocycles. The summed E-state index contributed by atoms with van der Waals surface area (Å²) < 4.78 is -0.767. The van der Waals surface area contributed by atoms with Gasteiger partial charge in [0.15, 0.2) is 0 Å². The molecule has 0 bridgehead atoms. The molecule has 0 radical (unpaired) electrons. The Morgan fingerprint density at radius 2 is 1.17 bits per heavy atom. The Bertz CT molecular complexity index is 1750. The zero-order valence-corrected chi connectivity index (χ0v) is 38.8. The Morgan fingerprint density at radius 1 is 0.685 bits per heavy atom. The van der Waals surface area contributed by atoms with Crippen molar-refractivity contribution in [3.8, 4) is 0 Å². The molecule has 294 valence electrons. The maximum atomic E-state index is 7.39. The Morgan fingerprint density at radius 3 is 1.67 bits per heavy atom. The molecule has 4 fully saturated rings. The second-order valence-corrected chi connectivity index (χ2v) is 23.7. The van der Waals surface area contributed by atoms with Gasteiger partial charge in [-0.2, -0.15) is 0 Å². The average Bonchev–Trinajstić information content (AvgIpc) is 3.47. The van der Waals surface area contributed by atoms with Gasteiger partial charge >= 0.3 is 34.5 Å². The normalized spacial score (nSPS) is 23.3. The summed E-state index contributed by atoms with van der Waals surface area (Å²) in [6, 6.07) is 20.4. The number of alkyl halides is 2. The fourth-order valence-corrected chi connectivity index (χ4v) is 15.5. The number of aryl methyl sites for hydroxylation is 6. The Balaban J connectivity index is 0.00000160. The molecule has 0 aromatic heterocycles. The SMILES string of the molecule is Cc1cc(C)c(N2CC(=Cc3ccccc3)N(c3c(C)cc(C)cc3C)C2=C2CC(Cl)(Cl)CCC2P(C2CCCCC2)C2CCCCC2)c(C)c1.[Cl][Ru][Cl]. The van der Waals surface area contributed by atoms with Gasteiger partial charge in [-0.15, -0.1) is 23.2 Å². The van der Waals surface area contributed by atoms with Crippen molar-refractivity contribution in [1.29, 1.82) is 0 Å². The molecule has 7 rings (SSSR count). The molecule has 1 unspecified atom stereocenters. The molecule has 2 nitrogen and oxygen atoms in total. The molecule has 0 amide bonds. The number of halogens is 4. The van der Waals surface area contributed by atoms with Crippen LogP contribution >= 0.6 is 50.5 Å². The predicted molar refractivity (Wildman–Crippen MR) is 237 cm³/mol. The summed E-state index contributed by atoms with van der Waals surface area (Å²) in [4.78, 5) is 5.38. The molecule has 3 saturated carbocycles. The van der Waals surface area contributed by atoms with Crippen LogP contribution in [0.2, 0.25) is 0 Å². The van der Waals surface area contributed by atoms with Crippen molar-refractivity contribution in [2.24, 2.45) is 0 Å². The number of hydrogen-bond donors (Lipinski definition) is 0. The molecule has 0 N–H and O–H groups in total. The first kappa shape index (κ1) is 42.6. The third-order valence-electron chi connectivity index (χ3n) is 12.2. The number of nitrogens with zero attached hydrogens (tertiary/aromatic N) is 2. The third-order valence-corrected chi connectivity index (χ3v) is 16.9. The fourth-order valence-electron chi connectivity index (χ4n) is 10.4. The zero-order valence-electron chi connectivity index (χ0n) is 33.1. The molecular formula is C46H59Cl4N2PRu. The van der Waals surface area contributed by atoms with Crippen LogP contribution in [-0.4, -0.2) is 27.9 Å². The monoisotopic (exact) mass is 912 g/mol. The van der Waals surface area contributed by atoms with Gasteiger partial charge < -0.3 is 4.90 Å². The summed E-state index contributed by atoms with van der Waals surface area (Å²) in [6.07, 6.45) is 19.2. The van der Waals surface area contributed by atoms with E-state index >= 15 is 0 Å². The molecule has 3 aliphatic carbocycles. The number of rotatable bonds is 6. The number of benzene rings is 3. The molecule has 8 heteroatoms. The van der Waals surface area contributed by atoms with Gasteiger partial charge in [-0.25, -0.2) is 0 Å². The summed E-state index contributed by atoms with van der Waals surface area (Å²) in [5, 5.41) is 0. The average molecular weight is 914 g/mol. The van der Waals surface area contributed by atoms with Crippen LogP contribution in [0.1, 0.15) is 122 Å². The molecule has 3 aromatic rings. The first-order chi connectivity index (χ1) is 25.9. The summed E-state index contributed by atoms with van der Waals surface area (Å²) in [5.41, 5.74) is 16.9. The maximum absolute atomic E-state index is 7.39. The van der Waals surface area contributed by atoms with Crippen molar-refractivity contribution in [3.63, 3.8) is 0 Å². The first-order valence-electron chi connectivity index (χ1n) is 20.1. The third kappa shape index (κ3) is 9.79. The molecule has 1 heterocycles. The molecule has 54 heavy (non-hydrogen) atoms. The van der Waals surface area contributed by atoms with Crippen molar-refractivity contribution < 1.29 is 15.1 Å². The van der Waals surface area contributed by atoms with E-state index < -0.39 is 4.33 Å². The molecule has 1 aliphatic heterocycles. The van der Waals surface area contributed by atoms with Crippen molar-refractivity contribution in [1.82, 2.24) is 0 Å². The van der Waals surface area contributed by atoms with Gasteiger partial charge in [0.2, 0.25) is 0 Å². The summed E-state index contributed by atoms with van der Waals surface area (Å²) in [6.45, 7) is 14.5. The Kier molecular flexibility index (Phi) is 15.1. The first-order valence-corrected chi connectivity index (χ1v) is 26.9. The standard InChI is InChI=1S/C46H59Cl2N2P.2ClH.Ru/c1-31-24-33(3)43(34(4)25-31)49-30-38(28-37-16-10-7-11-17-37)50(44-35(5)26-32(2)27-36(44)6)45(49)41-29-46(47,48)23-22-42(41)51(39-18-12-8-13-19-39)40-20-14-9-15-21-40;;;/h7,10-11,16-17,24-28,39-40,42H,8-9,12-15,18-23,29-30H2,1-6H3;2*1H;/q;;;+2/p-2. The van der Waals surface area contributed by atoms with Crippen LogP contribution in [0.15, 0.2) is 71.7 Å². The minimum atomic E-state index is -0.767. The van der Waals surface area contributed by atoms with E-state index in [9.17, 15) is 0 Å². The predicted octanol–water partition coefficient (Wildman–Crippen LogP) is 15.4. The van der Waals surface area contributed by atoms with Crippen molar-refractivity contribution in [2.45, 2.75) is 146 Å². The van der Waals surface area contributed by atoms with E-state index in [-0.39, 0.29) is 23.1 Å². The van der Waals surface area contributed by atoms with E-state index in [2.05, 4.69) is 112 Å². The Hall–Kier alpha value is -1.05. The second kappa shape index (κ2) is 19.1. The number of anilines is 2. The van der Waals surface area contributed by atoms with Gasteiger partial charge in [0.05, 0.1) is 12.2 Å². The van der Waals surface area contributed by atoms with Crippen molar-refractivity contribution >= 4 is 68.0 Å². The van der Waals surface area contributed by atoms with Gasteiger partial charge in [-0.3, -0.25) is 4.90 Å². The van der Waals surface area contributed by atoms with E-state index in [0.717, 1.165) is 37.1 Å². The van der Waals surface area contributed by atoms with Crippen LogP contribution in [0, 0.1) is 41.5 Å². The van der Waals surface area contributed by atoms with E-state index in [0.29, 0.717) is 5.66 Å². The molecular weight excluding hydrogens is 854 g/mol. The quantitative estimate of drug-likeness (QED) is 0.138. The van der Waals surface area contributed by atoms with Crippen molar-refractivity contribution in [3.05, 3.63) is 111 Å². The minimum absolute atomic E-state index is 0.239. The Labute approximate surface area is 353 Å². The topological polar surface area (TPSA) is 6.48 Å². The number of hydrogen-bond acceptors (Lipinski definition) is 2. The van der Waals surface area contributed by atoms with Crippen LogP contribution < -0.4 is 9.80 Å². The van der Waals surface area contributed by atoms with E-state index in [1.807, 2.05) is 0 Å². The van der Waals surface area contributed by atoms with Crippen LogP contribution in [0.4, 0.5) is 11.4 Å². The van der Waals surface area contributed by atoms with E-state index in [1.54, 1.807) is 0 Å². The van der Waals surface area contributed by atoms with Crippen LogP contribution in [0.25, 0.3) is 6.08 Å². The van der Waals surface area contributed by atoms with Gasteiger partial charge in [0, 0.05) is 23.5 Å². The van der Waals surface area contributed by atoms with E-state index in [1.165, 1.54) is 132 Å². The molecule has 4 aliphatic rings.